The molecule has 0 aliphatic heterocycles. The van der Waals surface area contributed by atoms with Crippen molar-refractivity contribution >= 4 is 6.29 Å². The van der Waals surface area contributed by atoms with Crippen LogP contribution in [0.5, 0.6) is 5.75 Å². The summed E-state index contributed by atoms with van der Waals surface area (Å²) in [6.07, 6.45) is 0.731. The summed E-state index contributed by atoms with van der Waals surface area (Å²) in [5.41, 5.74) is 0.591. The summed E-state index contributed by atoms with van der Waals surface area (Å²) in [6, 6.07) is 4.03. The number of benzene rings is 1. The Kier molecular flexibility index (Phi) is 4.24. The third kappa shape index (κ3) is 2.76. The van der Waals surface area contributed by atoms with Gasteiger partial charge < -0.3 is 14.8 Å². The van der Waals surface area contributed by atoms with Crippen molar-refractivity contribution in [3.63, 3.8) is 0 Å². The molecule has 4 heteroatoms. The SMILES string of the molecule is CCOc1ccc(C(C=O)NC)cc1F. The Bertz CT molecular complexity index is 341. The van der Waals surface area contributed by atoms with E-state index < -0.39 is 11.9 Å². The smallest absolute Gasteiger partial charge is 0.165 e. The minimum absolute atomic E-state index is 0.210. The highest BCUT2D eigenvalue weighted by Crippen LogP contribution is 2.21. The molecule has 0 radical (unpaired) electrons. The first-order valence-electron chi connectivity index (χ1n) is 4.77. The van der Waals surface area contributed by atoms with Crippen LogP contribution in [0, 0.1) is 5.82 Å². The molecule has 1 aromatic rings. The Hall–Kier alpha value is -1.42. The maximum absolute atomic E-state index is 13.4. The first kappa shape index (κ1) is 11.7. The van der Waals surface area contributed by atoms with Gasteiger partial charge in [-0.2, -0.15) is 0 Å². The lowest BCUT2D eigenvalue weighted by Gasteiger charge is -2.11. The van der Waals surface area contributed by atoms with Gasteiger partial charge in [0.1, 0.15) is 6.29 Å². The third-order valence-corrected chi connectivity index (χ3v) is 2.06. The summed E-state index contributed by atoms with van der Waals surface area (Å²) < 4.78 is 18.5. The zero-order valence-corrected chi connectivity index (χ0v) is 8.79. The van der Waals surface area contributed by atoms with Crippen LogP contribution < -0.4 is 10.1 Å². The van der Waals surface area contributed by atoms with Crippen LogP contribution in [0.3, 0.4) is 0 Å². The Labute approximate surface area is 88.2 Å². The zero-order chi connectivity index (χ0) is 11.3. The number of ether oxygens (including phenoxy) is 1. The first-order valence-corrected chi connectivity index (χ1v) is 4.77. The molecule has 1 N–H and O–H groups in total. The number of rotatable bonds is 5. The van der Waals surface area contributed by atoms with Crippen LogP contribution in [0.4, 0.5) is 4.39 Å². The number of halogens is 1. The maximum Gasteiger partial charge on any atom is 0.165 e. The molecule has 0 aliphatic carbocycles. The Morgan fingerprint density at radius 2 is 2.33 bits per heavy atom. The van der Waals surface area contributed by atoms with Crippen molar-refractivity contribution in [3.8, 4) is 5.75 Å². The number of carbonyl (C=O) groups excluding carboxylic acids is 1. The normalized spacial score (nSPS) is 12.2. The summed E-state index contributed by atoms with van der Waals surface area (Å²) in [7, 11) is 1.65. The van der Waals surface area contributed by atoms with Gasteiger partial charge in [-0.3, -0.25) is 0 Å². The molecule has 1 unspecified atom stereocenters. The molecule has 0 spiro atoms. The monoisotopic (exact) mass is 211 g/mol. The van der Waals surface area contributed by atoms with Crippen LogP contribution in [-0.2, 0) is 4.79 Å². The summed E-state index contributed by atoms with van der Waals surface area (Å²) in [6.45, 7) is 2.20. The molecule has 15 heavy (non-hydrogen) atoms. The fourth-order valence-electron chi connectivity index (χ4n) is 1.30. The topological polar surface area (TPSA) is 38.3 Å². The van der Waals surface area contributed by atoms with E-state index in [-0.39, 0.29) is 5.75 Å². The van der Waals surface area contributed by atoms with Crippen molar-refractivity contribution in [2.45, 2.75) is 13.0 Å². The number of carbonyl (C=O) groups is 1. The van der Waals surface area contributed by atoms with E-state index in [4.69, 9.17) is 4.74 Å². The maximum atomic E-state index is 13.4. The van der Waals surface area contributed by atoms with Crippen molar-refractivity contribution < 1.29 is 13.9 Å². The van der Waals surface area contributed by atoms with Gasteiger partial charge in [-0.25, -0.2) is 4.39 Å². The first-order chi connectivity index (χ1) is 7.22. The number of nitrogens with one attached hydrogen (secondary N) is 1. The van der Waals surface area contributed by atoms with E-state index in [0.717, 1.165) is 6.29 Å². The second kappa shape index (κ2) is 5.46. The van der Waals surface area contributed by atoms with Gasteiger partial charge >= 0.3 is 0 Å². The Morgan fingerprint density at radius 1 is 1.60 bits per heavy atom. The third-order valence-electron chi connectivity index (χ3n) is 2.06. The highest BCUT2D eigenvalue weighted by Gasteiger charge is 2.10. The van der Waals surface area contributed by atoms with E-state index in [0.29, 0.717) is 12.2 Å². The van der Waals surface area contributed by atoms with E-state index in [9.17, 15) is 9.18 Å². The lowest BCUT2D eigenvalue weighted by molar-refractivity contribution is -0.109. The highest BCUT2D eigenvalue weighted by molar-refractivity contribution is 5.61. The van der Waals surface area contributed by atoms with Gasteiger partial charge in [-0.05, 0) is 31.7 Å². The molecule has 0 amide bonds. The van der Waals surface area contributed by atoms with Crippen LogP contribution in [0.25, 0.3) is 0 Å². The molecule has 0 aromatic heterocycles. The van der Waals surface area contributed by atoms with Crippen molar-refractivity contribution in [2.24, 2.45) is 0 Å². The molecule has 0 aliphatic rings. The van der Waals surface area contributed by atoms with Crippen molar-refractivity contribution in [1.29, 1.82) is 0 Å². The molecule has 1 atom stereocenters. The van der Waals surface area contributed by atoms with Crippen molar-refractivity contribution in [2.75, 3.05) is 13.7 Å². The summed E-state index contributed by atoms with van der Waals surface area (Å²) in [5, 5.41) is 2.77. The summed E-state index contributed by atoms with van der Waals surface area (Å²) in [4.78, 5) is 10.6. The largest absolute Gasteiger partial charge is 0.491 e. The minimum Gasteiger partial charge on any atom is -0.491 e. The fraction of sp³-hybridized carbons (Fsp3) is 0.364. The molecule has 82 valence electrons. The van der Waals surface area contributed by atoms with Crippen LogP contribution in [-0.4, -0.2) is 19.9 Å². The van der Waals surface area contributed by atoms with E-state index in [1.54, 1.807) is 20.0 Å². The molecule has 0 heterocycles. The molecule has 0 saturated heterocycles. The number of hydrogen-bond acceptors (Lipinski definition) is 3. The minimum atomic E-state index is -0.477. The van der Waals surface area contributed by atoms with Crippen molar-refractivity contribution in [3.05, 3.63) is 29.6 Å². The van der Waals surface area contributed by atoms with E-state index in [2.05, 4.69) is 5.32 Å². The van der Waals surface area contributed by atoms with Gasteiger partial charge in [0.25, 0.3) is 0 Å². The standard InChI is InChI=1S/C11H14FNO2/c1-3-15-11-5-4-8(6-9(11)12)10(7-14)13-2/h4-7,10,13H,3H2,1-2H3. The molecule has 1 rings (SSSR count). The lowest BCUT2D eigenvalue weighted by atomic mass is 10.1. The molecule has 0 saturated carbocycles. The van der Waals surface area contributed by atoms with E-state index in [1.807, 2.05) is 0 Å². The highest BCUT2D eigenvalue weighted by atomic mass is 19.1. The van der Waals surface area contributed by atoms with E-state index in [1.165, 1.54) is 12.1 Å². The average Bonchev–Trinajstić information content (AvgIpc) is 2.24. The van der Waals surface area contributed by atoms with Crippen LogP contribution in [0.2, 0.25) is 0 Å². The van der Waals surface area contributed by atoms with Crippen LogP contribution in [0.1, 0.15) is 18.5 Å². The van der Waals surface area contributed by atoms with Crippen molar-refractivity contribution in [1.82, 2.24) is 5.32 Å². The molecule has 1 aromatic carbocycles. The van der Waals surface area contributed by atoms with Gasteiger partial charge in [-0.1, -0.05) is 6.07 Å². The van der Waals surface area contributed by atoms with Gasteiger partial charge in [0.05, 0.1) is 12.6 Å². The van der Waals surface area contributed by atoms with Gasteiger partial charge in [0.15, 0.2) is 11.6 Å². The molecule has 0 fully saturated rings. The number of hydrogen-bond donors (Lipinski definition) is 1. The zero-order valence-electron chi connectivity index (χ0n) is 8.79. The van der Waals surface area contributed by atoms with E-state index >= 15 is 0 Å². The predicted molar refractivity (Wildman–Crippen MR) is 55.4 cm³/mol. The molecule has 3 nitrogen and oxygen atoms in total. The van der Waals surface area contributed by atoms with Crippen LogP contribution >= 0.6 is 0 Å². The quantitative estimate of drug-likeness (QED) is 0.753. The van der Waals surface area contributed by atoms with Gasteiger partial charge in [-0.15, -0.1) is 0 Å². The number of aldehydes is 1. The van der Waals surface area contributed by atoms with Gasteiger partial charge in [0.2, 0.25) is 0 Å². The Balaban J connectivity index is 2.94. The second-order valence-corrected chi connectivity index (χ2v) is 3.03. The predicted octanol–water partition coefficient (Wildman–Crippen LogP) is 1.68. The fourth-order valence-corrected chi connectivity index (χ4v) is 1.30. The number of likely N-dealkylation sites (N-methyl/N-ethyl adjacent to an activating group) is 1. The average molecular weight is 211 g/mol. The summed E-state index contributed by atoms with van der Waals surface area (Å²) in [5.74, 6) is -0.238. The van der Waals surface area contributed by atoms with Crippen LogP contribution in [0.15, 0.2) is 18.2 Å². The molecular formula is C11H14FNO2. The Morgan fingerprint density at radius 3 is 2.80 bits per heavy atom. The summed E-state index contributed by atoms with van der Waals surface area (Å²) >= 11 is 0. The second-order valence-electron chi connectivity index (χ2n) is 3.03. The molecular weight excluding hydrogens is 197 g/mol. The molecule has 0 bridgehead atoms. The van der Waals surface area contributed by atoms with Gasteiger partial charge in [0, 0.05) is 0 Å². The lowest BCUT2D eigenvalue weighted by Crippen LogP contribution is -2.17.